The van der Waals surface area contributed by atoms with E-state index in [1.165, 1.54) is 5.56 Å². The van der Waals surface area contributed by atoms with Crippen LogP contribution in [0.3, 0.4) is 0 Å². The molecule has 2 rings (SSSR count). The molecular weight excluding hydrogens is 250 g/mol. The van der Waals surface area contributed by atoms with Crippen molar-refractivity contribution < 1.29 is 9.90 Å². The van der Waals surface area contributed by atoms with Gasteiger partial charge in [-0.2, -0.15) is 0 Å². The molecule has 108 valence electrons. The van der Waals surface area contributed by atoms with Gasteiger partial charge in [0.1, 0.15) is 0 Å². The molecule has 1 aliphatic rings. The van der Waals surface area contributed by atoms with E-state index in [9.17, 15) is 4.79 Å². The van der Waals surface area contributed by atoms with Crippen LogP contribution >= 0.6 is 0 Å². The van der Waals surface area contributed by atoms with Crippen LogP contribution in [0, 0.1) is 12.8 Å². The first-order valence-electron chi connectivity index (χ1n) is 7.33. The fourth-order valence-corrected chi connectivity index (χ4v) is 2.68. The number of carbonyl (C=O) groups is 1. The fraction of sp³-hybridized carbons (Fsp3) is 0.471. The van der Waals surface area contributed by atoms with E-state index in [1.54, 1.807) is 6.08 Å². The molecule has 0 unspecified atom stereocenters. The highest BCUT2D eigenvalue weighted by atomic mass is 16.3. The smallest absolute Gasteiger partial charge is 0.244 e. The number of rotatable bonds is 4. The molecule has 0 atom stereocenters. The molecule has 0 aromatic heterocycles. The monoisotopic (exact) mass is 273 g/mol. The predicted molar refractivity (Wildman–Crippen MR) is 81.2 cm³/mol. The Bertz CT molecular complexity index is 474. The molecule has 1 aromatic carbocycles. The molecule has 3 heteroatoms. The summed E-state index contributed by atoms with van der Waals surface area (Å²) < 4.78 is 0. The lowest BCUT2D eigenvalue weighted by atomic mass is 9.86. The fourth-order valence-electron chi connectivity index (χ4n) is 2.68. The zero-order valence-corrected chi connectivity index (χ0v) is 12.0. The Morgan fingerprint density at radius 2 is 2.10 bits per heavy atom. The van der Waals surface area contributed by atoms with Gasteiger partial charge in [0.05, 0.1) is 0 Å². The van der Waals surface area contributed by atoms with Crippen LogP contribution in [-0.4, -0.2) is 23.7 Å². The van der Waals surface area contributed by atoms with Crippen molar-refractivity contribution in [3.05, 3.63) is 41.5 Å². The summed E-state index contributed by atoms with van der Waals surface area (Å²) in [5.74, 6) is 0.393. The first-order chi connectivity index (χ1) is 9.67. The molecule has 1 saturated carbocycles. The van der Waals surface area contributed by atoms with Gasteiger partial charge in [-0.15, -0.1) is 0 Å². The molecule has 20 heavy (non-hydrogen) atoms. The number of carbonyl (C=O) groups excluding carboxylic acids is 1. The molecule has 1 amide bonds. The summed E-state index contributed by atoms with van der Waals surface area (Å²) in [5, 5.41) is 12.1. The maximum absolute atomic E-state index is 11.9. The van der Waals surface area contributed by atoms with E-state index in [1.807, 2.05) is 31.2 Å². The van der Waals surface area contributed by atoms with Crippen LogP contribution in [0.4, 0.5) is 0 Å². The second kappa shape index (κ2) is 7.25. The van der Waals surface area contributed by atoms with Crippen molar-refractivity contribution in [2.75, 3.05) is 6.61 Å². The molecule has 3 nitrogen and oxygen atoms in total. The van der Waals surface area contributed by atoms with Crippen LogP contribution in [0.5, 0.6) is 0 Å². The second-order valence-electron chi connectivity index (χ2n) is 5.66. The largest absolute Gasteiger partial charge is 0.396 e. The summed E-state index contributed by atoms with van der Waals surface area (Å²) in [4.78, 5) is 11.9. The van der Waals surface area contributed by atoms with Crippen LogP contribution in [0.15, 0.2) is 30.3 Å². The summed E-state index contributed by atoms with van der Waals surface area (Å²) >= 11 is 0. The Balaban J connectivity index is 1.81. The predicted octanol–water partition coefficient (Wildman–Crippen LogP) is 2.68. The van der Waals surface area contributed by atoms with Crippen LogP contribution < -0.4 is 5.32 Å². The van der Waals surface area contributed by atoms with Gasteiger partial charge in [0.15, 0.2) is 0 Å². The maximum atomic E-state index is 11.9. The van der Waals surface area contributed by atoms with E-state index in [0.717, 1.165) is 31.2 Å². The average molecular weight is 273 g/mol. The number of amides is 1. The summed E-state index contributed by atoms with van der Waals surface area (Å²) in [6.07, 6.45) is 7.39. The van der Waals surface area contributed by atoms with Crippen molar-refractivity contribution in [2.45, 2.75) is 38.6 Å². The Kier molecular flexibility index (Phi) is 5.36. The molecule has 1 aliphatic carbocycles. The van der Waals surface area contributed by atoms with Crippen molar-refractivity contribution in [1.29, 1.82) is 0 Å². The first kappa shape index (κ1) is 14.8. The zero-order valence-electron chi connectivity index (χ0n) is 12.0. The summed E-state index contributed by atoms with van der Waals surface area (Å²) in [5.41, 5.74) is 2.24. The van der Waals surface area contributed by atoms with Crippen LogP contribution in [-0.2, 0) is 4.79 Å². The molecule has 1 aromatic rings. The van der Waals surface area contributed by atoms with Crippen LogP contribution in [0.1, 0.15) is 36.8 Å². The highest BCUT2D eigenvalue weighted by Crippen LogP contribution is 2.23. The second-order valence-corrected chi connectivity index (χ2v) is 5.66. The quantitative estimate of drug-likeness (QED) is 0.829. The minimum atomic E-state index is -0.0287. The van der Waals surface area contributed by atoms with Gasteiger partial charge in [0.2, 0.25) is 5.91 Å². The Morgan fingerprint density at radius 3 is 2.75 bits per heavy atom. The van der Waals surface area contributed by atoms with Gasteiger partial charge in [-0.25, -0.2) is 0 Å². The van der Waals surface area contributed by atoms with Crippen molar-refractivity contribution in [3.63, 3.8) is 0 Å². The third kappa shape index (κ3) is 4.49. The highest BCUT2D eigenvalue weighted by molar-refractivity contribution is 5.91. The van der Waals surface area contributed by atoms with Crippen molar-refractivity contribution in [2.24, 2.45) is 5.92 Å². The molecule has 0 radical (unpaired) electrons. The molecule has 0 saturated heterocycles. The third-order valence-electron chi connectivity index (χ3n) is 3.92. The lowest BCUT2D eigenvalue weighted by Gasteiger charge is -2.27. The Hall–Kier alpha value is -1.61. The number of nitrogens with one attached hydrogen (secondary N) is 1. The molecule has 0 heterocycles. The third-order valence-corrected chi connectivity index (χ3v) is 3.92. The number of aryl methyl sites for hydroxylation is 1. The number of benzene rings is 1. The van der Waals surface area contributed by atoms with Crippen LogP contribution in [0.25, 0.3) is 6.08 Å². The van der Waals surface area contributed by atoms with E-state index in [-0.39, 0.29) is 18.6 Å². The molecule has 0 aliphatic heterocycles. The van der Waals surface area contributed by atoms with Gasteiger partial charge in [-0.3, -0.25) is 4.79 Å². The van der Waals surface area contributed by atoms with Gasteiger partial charge in [-0.1, -0.05) is 29.8 Å². The zero-order chi connectivity index (χ0) is 14.4. The van der Waals surface area contributed by atoms with Gasteiger partial charge >= 0.3 is 0 Å². The van der Waals surface area contributed by atoms with E-state index in [4.69, 9.17) is 5.11 Å². The van der Waals surface area contributed by atoms with E-state index >= 15 is 0 Å². The number of hydrogen-bond acceptors (Lipinski definition) is 2. The normalized spacial score (nSPS) is 22.9. The molecule has 0 bridgehead atoms. The maximum Gasteiger partial charge on any atom is 0.244 e. The van der Waals surface area contributed by atoms with Crippen molar-refractivity contribution >= 4 is 12.0 Å². The van der Waals surface area contributed by atoms with E-state index in [2.05, 4.69) is 11.4 Å². The van der Waals surface area contributed by atoms with Gasteiger partial charge in [0, 0.05) is 18.7 Å². The summed E-state index contributed by atoms with van der Waals surface area (Å²) in [6, 6.07) is 8.33. The Labute approximate surface area is 120 Å². The number of aliphatic hydroxyl groups excluding tert-OH is 1. The summed E-state index contributed by atoms with van der Waals surface area (Å²) in [6.45, 7) is 2.31. The van der Waals surface area contributed by atoms with Crippen molar-refractivity contribution in [3.8, 4) is 0 Å². The standard InChI is InChI=1S/C17H23NO2/c1-13-3-2-4-14(11-13)7-10-17(20)18-16-8-5-15(12-19)6-9-16/h2-4,7,10-11,15-16,19H,5-6,8-9,12H2,1H3,(H,18,20)/b10-7+. The van der Waals surface area contributed by atoms with E-state index < -0.39 is 0 Å². The molecule has 2 N–H and O–H groups in total. The van der Waals surface area contributed by atoms with Gasteiger partial charge in [0.25, 0.3) is 0 Å². The van der Waals surface area contributed by atoms with Gasteiger partial charge < -0.3 is 10.4 Å². The lowest BCUT2D eigenvalue weighted by Crippen LogP contribution is -2.37. The molecular formula is C17H23NO2. The van der Waals surface area contributed by atoms with Gasteiger partial charge in [-0.05, 0) is 50.2 Å². The summed E-state index contributed by atoms with van der Waals surface area (Å²) in [7, 11) is 0. The first-order valence-corrected chi connectivity index (χ1v) is 7.33. The van der Waals surface area contributed by atoms with E-state index in [0.29, 0.717) is 5.92 Å². The highest BCUT2D eigenvalue weighted by Gasteiger charge is 2.20. The molecule has 1 fully saturated rings. The minimum Gasteiger partial charge on any atom is -0.396 e. The number of aliphatic hydroxyl groups is 1. The average Bonchev–Trinajstić information content (AvgIpc) is 2.46. The lowest BCUT2D eigenvalue weighted by molar-refractivity contribution is -0.117. The minimum absolute atomic E-state index is 0.0287. The number of hydrogen-bond donors (Lipinski definition) is 2. The molecule has 0 spiro atoms. The SMILES string of the molecule is Cc1cccc(/C=C/C(=O)NC2CCC(CO)CC2)c1. The van der Waals surface area contributed by atoms with Crippen LogP contribution in [0.2, 0.25) is 0 Å². The topological polar surface area (TPSA) is 49.3 Å². The Morgan fingerprint density at radius 1 is 1.35 bits per heavy atom. The van der Waals surface area contributed by atoms with Crippen molar-refractivity contribution in [1.82, 2.24) is 5.32 Å².